The van der Waals surface area contributed by atoms with Gasteiger partial charge in [0.25, 0.3) is 0 Å². The molecule has 1 aliphatic heterocycles. The molecule has 270 valence electrons. The summed E-state index contributed by atoms with van der Waals surface area (Å²) in [7, 11) is -2.12. The molecule has 0 radical (unpaired) electrons. The normalized spacial score (nSPS) is 14.1. The fourth-order valence-corrected chi connectivity index (χ4v) is 11.9. The van der Waals surface area contributed by atoms with Crippen molar-refractivity contribution in [2.75, 3.05) is 4.90 Å². The Hall–Kier alpha value is -6.42. The third-order valence-corrected chi connectivity index (χ3v) is 15.6. The van der Waals surface area contributed by atoms with E-state index in [0.717, 1.165) is 39.7 Å². The molecule has 3 heteroatoms. The second-order valence-electron chi connectivity index (χ2n) is 16.2. The fraction of sp³-hybridized carbons (Fsp3) is 0.0943. The number of benzene rings is 8. The van der Waals surface area contributed by atoms with Gasteiger partial charge >= 0.3 is 0 Å². The minimum absolute atomic E-state index is 0.0821. The molecule has 0 bridgehead atoms. The first-order valence-corrected chi connectivity index (χ1v) is 22.6. The molecule has 2 nitrogen and oxygen atoms in total. The molecule has 8 aromatic carbocycles. The van der Waals surface area contributed by atoms with Crippen LogP contribution in [0.2, 0.25) is 13.1 Å². The van der Waals surface area contributed by atoms with Crippen molar-refractivity contribution in [2.45, 2.75) is 32.4 Å². The Balaban J connectivity index is 1.05. The van der Waals surface area contributed by atoms with Gasteiger partial charge in [0, 0.05) is 33.6 Å². The molecule has 0 saturated heterocycles. The van der Waals surface area contributed by atoms with Crippen LogP contribution in [0.25, 0.3) is 44.5 Å². The predicted octanol–water partition coefficient (Wildman–Crippen LogP) is 13.4. The first-order chi connectivity index (χ1) is 27.3. The van der Waals surface area contributed by atoms with Crippen molar-refractivity contribution in [1.29, 1.82) is 0 Å². The fourth-order valence-electron chi connectivity index (χ4n) is 9.08. The third kappa shape index (κ3) is 5.45. The molecule has 56 heavy (non-hydrogen) atoms. The summed E-state index contributed by atoms with van der Waals surface area (Å²) in [6.07, 6.45) is 0. The second kappa shape index (κ2) is 13.1. The summed E-state index contributed by atoms with van der Waals surface area (Å²) in [6.45, 7) is 9.63. The minimum Gasteiger partial charge on any atom is -0.456 e. The van der Waals surface area contributed by atoms with E-state index in [1.165, 1.54) is 54.9 Å². The van der Waals surface area contributed by atoms with Crippen LogP contribution in [0.1, 0.15) is 25.0 Å². The number of nitrogens with zero attached hydrogens (tertiary/aromatic N) is 1. The van der Waals surface area contributed by atoms with Crippen LogP contribution in [-0.2, 0) is 5.41 Å². The number of fused-ring (bicyclic) bond motifs is 6. The van der Waals surface area contributed by atoms with Gasteiger partial charge in [-0.1, -0.05) is 179 Å². The molecular weight excluding hydrogens is 695 g/mol. The van der Waals surface area contributed by atoms with E-state index in [4.69, 9.17) is 4.74 Å². The summed E-state index contributed by atoms with van der Waals surface area (Å²) < 4.78 is 7.23. The highest BCUT2D eigenvalue weighted by Crippen LogP contribution is 2.54. The van der Waals surface area contributed by atoms with Gasteiger partial charge in [0.05, 0.1) is 0 Å². The standard InChI is InChI=1S/C53H43NOSi/c1-53(2)46-20-12-11-18-45(46)50-47(53)34-35-49-52(50)55-51-44(19-13-21-48(51)56(49,3)4)40-26-32-43(33-27-40)54(41-28-22-38(23-29-41)36-14-7-5-8-15-36)42-30-24-39(25-31-42)37-16-9-6-10-17-37/h5-35H,1-4H3. The van der Waals surface area contributed by atoms with Gasteiger partial charge in [-0.3, -0.25) is 0 Å². The summed E-state index contributed by atoms with van der Waals surface area (Å²) in [5.41, 5.74) is 15.6. The molecule has 0 spiro atoms. The Kier molecular flexibility index (Phi) is 7.98. The molecule has 0 saturated carbocycles. The molecule has 8 aromatic rings. The minimum atomic E-state index is -2.12. The average molecular weight is 738 g/mol. The highest BCUT2D eigenvalue weighted by Gasteiger charge is 2.44. The van der Waals surface area contributed by atoms with Crippen LogP contribution in [0, 0.1) is 0 Å². The van der Waals surface area contributed by atoms with Crippen molar-refractivity contribution >= 4 is 35.5 Å². The smallest absolute Gasteiger partial charge is 0.135 e. The number of rotatable bonds is 6. The van der Waals surface area contributed by atoms with Gasteiger partial charge in [-0.2, -0.15) is 0 Å². The lowest BCUT2D eigenvalue weighted by Gasteiger charge is -2.35. The van der Waals surface area contributed by atoms with Crippen molar-refractivity contribution in [3.63, 3.8) is 0 Å². The van der Waals surface area contributed by atoms with Gasteiger partial charge in [0.1, 0.15) is 19.6 Å². The van der Waals surface area contributed by atoms with E-state index in [1.807, 2.05) is 0 Å². The monoisotopic (exact) mass is 737 g/mol. The SMILES string of the molecule is CC1(C)c2ccccc2-c2c1ccc1c2Oc2c(-c3ccc(N(c4ccc(-c5ccccc5)cc4)c4ccc(-c5ccccc5)cc4)cc3)cccc2[Si]1(C)C. The van der Waals surface area contributed by atoms with Crippen LogP contribution in [-0.4, -0.2) is 8.07 Å². The number of ether oxygens (including phenoxy) is 1. The van der Waals surface area contributed by atoms with Crippen LogP contribution >= 0.6 is 0 Å². The van der Waals surface area contributed by atoms with Gasteiger partial charge in [0.2, 0.25) is 0 Å². The molecule has 1 heterocycles. The van der Waals surface area contributed by atoms with Crippen LogP contribution in [0.3, 0.4) is 0 Å². The Morgan fingerprint density at radius 2 is 0.857 bits per heavy atom. The third-order valence-electron chi connectivity index (χ3n) is 12.2. The van der Waals surface area contributed by atoms with Crippen LogP contribution in [0.4, 0.5) is 17.1 Å². The lowest BCUT2D eigenvalue weighted by Crippen LogP contribution is -2.56. The van der Waals surface area contributed by atoms with Crippen molar-refractivity contribution < 1.29 is 4.74 Å². The molecular formula is C53H43NOSi. The molecule has 10 rings (SSSR count). The molecule has 0 aromatic heterocycles. The van der Waals surface area contributed by atoms with Gasteiger partial charge in [0.15, 0.2) is 0 Å². The second-order valence-corrected chi connectivity index (χ2v) is 20.5. The molecule has 0 amide bonds. The maximum absolute atomic E-state index is 7.23. The summed E-state index contributed by atoms with van der Waals surface area (Å²) in [5.74, 6) is 2.06. The van der Waals surface area contributed by atoms with Crippen LogP contribution in [0.5, 0.6) is 11.5 Å². The highest BCUT2D eigenvalue weighted by molar-refractivity contribution is 7.02. The molecule has 0 fully saturated rings. The van der Waals surface area contributed by atoms with Crippen molar-refractivity contribution in [1.82, 2.24) is 0 Å². The first-order valence-electron chi connectivity index (χ1n) is 19.6. The first kappa shape index (κ1) is 34.1. The van der Waals surface area contributed by atoms with Gasteiger partial charge in [-0.15, -0.1) is 0 Å². The maximum Gasteiger partial charge on any atom is 0.135 e. The van der Waals surface area contributed by atoms with E-state index < -0.39 is 8.07 Å². The van der Waals surface area contributed by atoms with Gasteiger partial charge in [-0.25, -0.2) is 0 Å². The molecule has 0 unspecified atom stereocenters. The van der Waals surface area contributed by atoms with Crippen molar-refractivity contribution in [2.24, 2.45) is 0 Å². The van der Waals surface area contributed by atoms with Crippen LogP contribution in [0.15, 0.2) is 188 Å². The van der Waals surface area contributed by atoms with E-state index in [-0.39, 0.29) is 5.41 Å². The van der Waals surface area contributed by atoms with E-state index in [2.05, 4.69) is 220 Å². The van der Waals surface area contributed by atoms with E-state index >= 15 is 0 Å². The zero-order chi connectivity index (χ0) is 38.0. The lowest BCUT2D eigenvalue weighted by atomic mass is 9.82. The zero-order valence-corrected chi connectivity index (χ0v) is 33.3. The van der Waals surface area contributed by atoms with E-state index in [9.17, 15) is 0 Å². The van der Waals surface area contributed by atoms with E-state index in [1.54, 1.807) is 0 Å². The van der Waals surface area contributed by atoms with E-state index in [0.29, 0.717) is 0 Å². The van der Waals surface area contributed by atoms with Gasteiger partial charge in [-0.05, 0) is 91.3 Å². The summed E-state index contributed by atoms with van der Waals surface area (Å²) in [6, 6.07) is 68.3. The highest BCUT2D eigenvalue weighted by atomic mass is 28.3. The lowest BCUT2D eigenvalue weighted by molar-refractivity contribution is 0.489. The molecule has 0 atom stereocenters. The predicted molar refractivity (Wildman–Crippen MR) is 238 cm³/mol. The Morgan fingerprint density at radius 1 is 0.393 bits per heavy atom. The van der Waals surface area contributed by atoms with Crippen molar-refractivity contribution in [3.8, 4) is 56.0 Å². The number of anilines is 3. The van der Waals surface area contributed by atoms with Crippen LogP contribution < -0.4 is 20.0 Å². The molecule has 0 N–H and O–H groups in total. The summed E-state index contributed by atoms with van der Waals surface area (Å²) >= 11 is 0. The summed E-state index contributed by atoms with van der Waals surface area (Å²) in [5, 5.41) is 2.71. The topological polar surface area (TPSA) is 12.5 Å². The number of para-hydroxylation sites is 1. The van der Waals surface area contributed by atoms with Gasteiger partial charge < -0.3 is 9.64 Å². The summed E-state index contributed by atoms with van der Waals surface area (Å²) in [4.78, 5) is 2.35. The Labute approximate surface area is 331 Å². The quantitative estimate of drug-likeness (QED) is 0.158. The largest absolute Gasteiger partial charge is 0.456 e. The molecule has 1 aliphatic carbocycles. The maximum atomic E-state index is 7.23. The van der Waals surface area contributed by atoms with Crippen molar-refractivity contribution in [3.05, 3.63) is 199 Å². The average Bonchev–Trinajstić information content (AvgIpc) is 3.48. The number of hydrogen-bond acceptors (Lipinski definition) is 2. The molecule has 2 aliphatic rings. The Morgan fingerprint density at radius 3 is 1.43 bits per heavy atom. The number of hydrogen-bond donors (Lipinski definition) is 0. The zero-order valence-electron chi connectivity index (χ0n) is 32.3. The Bertz CT molecular complexity index is 2650.